The van der Waals surface area contributed by atoms with Crippen molar-refractivity contribution in [2.24, 2.45) is 5.73 Å². The lowest BCUT2D eigenvalue weighted by molar-refractivity contribution is -0.142. The molecule has 0 saturated heterocycles. The molecule has 3 unspecified atom stereocenters. The van der Waals surface area contributed by atoms with Crippen molar-refractivity contribution in [2.75, 3.05) is 19.4 Å². The summed E-state index contributed by atoms with van der Waals surface area (Å²) in [5.41, 5.74) is 3.73. The van der Waals surface area contributed by atoms with E-state index in [0.717, 1.165) is 12.1 Å². The van der Waals surface area contributed by atoms with Gasteiger partial charge in [-0.25, -0.2) is 13.8 Å². The Morgan fingerprint density at radius 3 is 2.34 bits per heavy atom. The highest BCUT2D eigenvalue weighted by atomic mass is 35.5. The summed E-state index contributed by atoms with van der Waals surface area (Å²) in [5.74, 6) is -3.06. The van der Waals surface area contributed by atoms with Crippen LogP contribution in [-0.2, 0) is 25.3 Å². The summed E-state index contributed by atoms with van der Waals surface area (Å²) in [6.07, 6.45) is -0.115. The zero-order valence-corrected chi connectivity index (χ0v) is 23.0. The highest BCUT2D eigenvalue weighted by molar-refractivity contribution is 7.57. The first-order valence-corrected chi connectivity index (χ1v) is 13.6. The van der Waals surface area contributed by atoms with Crippen LogP contribution in [0.25, 0.3) is 5.69 Å². The Balaban J connectivity index is 0.000000970. The van der Waals surface area contributed by atoms with Gasteiger partial charge < -0.3 is 26.6 Å². The topological polar surface area (TPSA) is 202 Å². The van der Waals surface area contributed by atoms with Crippen LogP contribution in [0.5, 0.6) is 0 Å². The van der Waals surface area contributed by atoms with Gasteiger partial charge in [-0.15, -0.1) is 16.7 Å². The van der Waals surface area contributed by atoms with E-state index < -0.39 is 48.8 Å². The van der Waals surface area contributed by atoms with Gasteiger partial charge in [-0.05, 0) is 38.0 Å². The number of carbonyl (C=O) groups excluding carboxylic acids is 1. The molecule has 0 aliphatic rings. The molecule has 12 nitrogen and oxygen atoms in total. The normalized spacial score (nSPS) is 14.0. The smallest absolute Gasteiger partial charge is 0.355 e. The SMILES string of the molecule is CCOC(=O)C(Cl)Cc1cc(-n2nc(C)n(C(F)F)c2=O)c(F)cc1Cl.CP(=O)(O)CCC(N)C(=O)O.N. The molecule has 0 saturated carbocycles. The van der Waals surface area contributed by atoms with Crippen LogP contribution in [-0.4, -0.2) is 67.1 Å². The number of hydrogen-bond donors (Lipinski definition) is 4. The lowest BCUT2D eigenvalue weighted by atomic mass is 10.1. The maximum atomic E-state index is 14.2. The summed E-state index contributed by atoms with van der Waals surface area (Å²) in [4.78, 5) is 42.6. The Hall–Kier alpha value is -2.42. The third kappa shape index (κ3) is 10.4. The van der Waals surface area contributed by atoms with Crippen molar-refractivity contribution in [3.63, 3.8) is 0 Å². The standard InChI is InChI=1S/C15H14Cl2F3N3O3.C5H12NO4P.H3N/c1-3-26-13(24)10(17)4-8-5-12(11(18)6-9(8)16)23-15(25)22(14(19)20)7(2)21-23;1-11(9,10)3-2-4(6)5(7)8;/h5-6,10,14H,3-4H2,1-2H3;4H,2-3,6H2,1H3,(H,7,8)(H,9,10);1H3. The van der Waals surface area contributed by atoms with Crippen LogP contribution in [0.2, 0.25) is 5.02 Å². The van der Waals surface area contributed by atoms with Crippen LogP contribution in [0.1, 0.15) is 31.3 Å². The molecule has 0 fully saturated rings. The van der Waals surface area contributed by atoms with E-state index in [1.165, 1.54) is 13.6 Å². The minimum absolute atomic E-state index is 0. The molecular weight excluding hydrogens is 581 g/mol. The third-order valence-electron chi connectivity index (χ3n) is 4.63. The molecule has 0 aliphatic heterocycles. The summed E-state index contributed by atoms with van der Waals surface area (Å²) in [5, 5.41) is 10.8. The van der Waals surface area contributed by atoms with Crippen molar-refractivity contribution in [1.82, 2.24) is 20.5 Å². The molecule has 18 heteroatoms. The molecule has 3 atom stereocenters. The maximum Gasteiger partial charge on any atom is 0.355 e. The first kappa shape index (κ1) is 35.6. The van der Waals surface area contributed by atoms with Crippen LogP contribution in [0.15, 0.2) is 16.9 Å². The molecule has 1 aromatic carbocycles. The van der Waals surface area contributed by atoms with Gasteiger partial charge >= 0.3 is 24.2 Å². The molecule has 0 radical (unpaired) electrons. The van der Waals surface area contributed by atoms with E-state index in [4.69, 9.17) is 43.7 Å². The zero-order chi connectivity index (χ0) is 28.7. The van der Waals surface area contributed by atoms with Gasteiger partial charge in [0.2, 0.25) is 0 Å². The number of ether oxygens (including phenoxy) is 1. The van der Waals surface area contributed by atoms with Gasteiger partial charge in [0.15, 0.2) is 13.2 Å². The van der Waals surface area contributed by atoms with Crippen molar-refractivity contribution in [1.29, 1.82) is 0 Å². The van der Waals surface area contributed by atoms with Crippen LogP contribution < -0.4 is 17.6 Å². The summed E-state index contributed by atoms with van der Waals surface area (Å²) in [7, 11) is -3.10. The Bertz CT molecular complexity index is 1220. The number of esters is 1. The molecule has 216 valence electrons. The van der Waals surface area contributed by atoms with Crippen molar-refractivity contribution >= 4 is 42.5 Å². The highest BCUT2D eigenvalue weighted by Crippen LogP contribution is 2.35. The monoisotopic (exact) mass is 609 g/mol. The minimum atomic E-state index is -3.12. The summed E-state index contributed by atoms with van der Waals surface area (Å²) in [6, 6.07) is 0.996. The number of rotatable bonds is 10. The highest BCUT2D eigenvalue weighted by Gasteiger charge is 2.23. The van der Waals surface area contributed by atoms with E-state index in [1.807, 2.05) is 0 Å². The number of alkyl halides is 3. The number of nitrogens with zero attached hydrogens (tertiary/aromatic N) is 3. The van der Waals surface area contributed by atoms with Crippen molar-refractivity contribution in [2.45, 2.75) is 44.7 Å². The Morgan fingerprint density at radius 1 is 1.32 bits per heavy atom. The second-order valence-electron chi connectivity index (χ2n) is 7.72. The quantitative estimate of drug-likeness (QED) is 0.176. The molecule has 0 bridgehead atoms. The Morgan fingerprint density at radius 2 is 1.89 bits per heavy atom. The summed E-state index contributed by atoms with van der Waals surface area (Å²) >= 11 is 11.9. The van der Waals surface area contributed by atoms with Gasteiger partial charge in [-0.1, -0.05) is 11.6 Å². The number of nitrogens with two attached hydrogens (primary N) is 1. The fourth-order valence-corrected chi connectivity index (χ4v) is 3.98. The molecule has 1 heterocycles. The average molecular weight is 610 g/mol. The molecule has 0 spiro atoms. The van der Waals surface area contributed by atoms with Crippen LogP contribution >= 0.6 is 30.6 Å². The number of aryl methyl sites for hydroxylation is 1. The largest absolute Gasteiger partial charge is 0.480 e. The number of aromatic nitrogens is 3. The van der Waals surface area contributed by atoms with E-state index in [-0.39, 0.29) is 58.4 Å². The summed E-state index contributed by atoms with van der Waals surface area (Å²) in [6.45, 7) is 0.987. The second-order valence-corrected chi connectivity index (χ2v) is 11.2. The van der Waals surface area contributed by atoms with Crippen LogP contribution in [0.4, 0.5) is 13.2 Å². The Kier molecular flexibility index (Phi) is 14.3. The molecule has 2 rings (SSSR count). The van der Waals surface area contributed by atoms with E-state index in [2.05, 4.69) is 5.10 Å². The number of halogens is 5. The second kappa shape index (κ2) is 15.2. The van der Waals surface area contributed by atoms with Crippen molar-refractivity contribution in [3.05, 3.63) is 44.8 Å². The molecule has 2 aromatic rings. The van der Waals surface area contributed by atoms with Crippen molar-refractivity contribution < 1.29 is 42.1 Å². The van der Waals surface area contributed by atoms with Gasteiger partial charge in [0, 0.05) is 24.3 Å². The molecular formula is C20H29Cl2F3N5O7P. The molecule has 0 amide bonds. The fourth-order valence-electron chi connectivity index (χ4n) is 2.77. The van der Waals surface area contributed by atoms with E-state index in [9.17, 15) is 32.1 Å². The lowest BCUT2D eigenvalue weighted by Gasteiger charge is -2.12. The van der Waals surface area contributed by atoms with Crippen molar-refractivity contribution in [3.8, 4) is 5.69 Å². The number of carboxylic acids is 1. The average Bonchev–Trinajstić information content (AvgIpc) is 3.07. The van der Waals surface area contributed by atoms with Crippen LogP contribution in [0.3, 0.4) is 0 Å². The van der Waals surface area contributed by atoms with Gasteiger partial charge in [0.05, 0.1) is 6.61 Å². The van der Waals surface area contributed by atoms with Crippen LogP contribution in [0, 0.1) is 12.7 Å². The fraction of sp³-hybridized carbons (Fsp3) is 0.500. The number of carboxylic acid groups (broad SMARTS) is 1. The minimum Gasteiger partial charge on any atom is -0.480 e. The Labute approximate surface area is 225 Å². The van der Waals surface area contributed by atoms with Gasteiger partial charge in [-0.3, -0.25) is 14.2 Å². The van der Waals surface area contributed by atoms with E-state index in [1.54, 1.807) is 6.92 Å². The molecule has 0 aliphatic carbocycles. The lowest BCUT2D eigenvalue weighted by Crippen LogP contribution is -2.30. The summed E-state index contributed by atoms with van der Waals surface area (Å²) < 4.78 is 56.1. The van der Waals surface area contributed by atoms with Gasteiger partial charge in [-0.2, -0.15) is 13.5 Å². The number of aliphatic carboxylic acids is 1. The van der Waals surface area contributed by atoms with Gasteiger partial charge in [0.25, 0.3) is 0 Å². The maximum absolute atomic E-state index is 14.2. The molecule has 38 heavy (non-hydrogen) atoms. The van der Waals surface area contributed by atoms with E-state index >= 15 is 0 Å². The third-order valence-corrected chi connectivity index (χ3v) is 6.41. The van der Waals surface area contributed by atoms with Gasteiger partial charge in [0.1, 0.15) is 22.9 Å². The number of carbonyl (C=O) groups is 2. The number of hydrogen-bond acceptors (Lipinski definition) is 8. The van der Waals surface area contributed by atoms with E-state index in [0.29, 0.717) is 4.68 Å². The first-order chi connectivity index (χ1) is 17.0. The predicted octanol–water partition coefficient (Wildman–Crippen LogP) is 3.09. The zero-order valence-electron chi connectivity index (χ0n) is 20.6. The predicted molar refractivity (Wildman–Crippen MR) is 135 cm³/mol. The molecule has 7 N–H and O–H groups in total. The molecule has 1 aromatic heterocycles. The number of benzene rings is 1. The first-order valence-electron chi connectivity index (χ1n) is 10.5.